The number of hydrogen-bond donors (Lipinski definition) is 2. The van der Waals surface area contributed by atoms with E-state index in [0.29, 0.717) is 24.6 Å². The molecule has 0 atom stereocenters. The highest BCUT2D eigenvalue weighted by Crippen LogP contribution is 2.13. The third-order valence-corrected chi connectivity index (χ3v) is 5.88. The Kier molecular flexibility index (Phi) is 10.6. The van der Waals surface area contributed by atoms with Crippen LogP contribution < -0.4 is 10.6 Å². The minimum Gasteiger partial charge on any atom is -0.355 e. The van der Waals surface area contributed by atoms with Crippen molar-refractivity contribution in [1.29, 1.82) is 0 Å². The molecule has 0 heterocycles. The van der Waals surface area contributed by atoms with Crippen molar-refractivity contribution in [2.24, 2.45) is 0 Å². The average molecular weight is 439 g/mol. The van der Waals surface area contributed by atoms with E-state index in [-0.39, 0.29) is 29.9 Å². The molecule has 0 fully saturated rings. The van der Waals surface area contributed by atoms with Gasteiger partial charge in [0.1, 0.15) is 18.1 Å². The summed E-state index contributed by atoms with van der Waals surface area (Å²) in [6.45, 7) is 0.955. The van der Waals surface area contributed by atoms with Crippen LogP contribution in [-0.4, -0.2) is 36.4 Å². The first-order valence-electron chi connectivity index (χ1n) is 9.20. The standard InChI is InChI=1S/C21H24F2N2O2S2/c22-18-5-1-16(2-6-18)14-28-11-9-24-20(26)13-21(27)25-10-12-29-15-17-3-7-19(23)8-4-17/h1-8H,9-15H2,(H,24,26)(H,25,27). The van der Waals surface area contributed by atoms with Gasteiger partial charge in [-0.25, -0.2) is 8.78 Å². The first kappa shape index (κ1) is 23.2. The summed E-state index contributed by atoms with van der Waals surface area (Å²) >= 11 is 3.26. The van der Waals surface area contributed by atoms with Gasteiger partial charge >= 0.3 is 0 Å². The lowest BCUT2D eigenvalue weighted by molar-refractivity contribution is -0.129. The molecule has 0 unspecified atom stereocenters. The van der Waals surface area contributed by atoms with Crippen molar-refractivity contribution < 1.29 is 18.4 Å². The summed E-state index contributed by atoms with van der Waals surface area (Å²) in [5.41, 5.74) is 2.05. The molecular weight excluding hydrogens is 414 g/mol. The highest BCUT2D eigenvalue weighted by molar-refractivity contribution is 7.98. The fourth-order valence-corrected chi connectivity index (χ4v) is 3.98. The number of amides is 2. The Hall–Kier alpha value is -2.06. The normalized spacial score (nSPS) is 10.6. The van der Waals surface area contributed by atoms with E-state index in [9.17, 15) is 18.4 Å². The topological polar surface area (TPSA) is 58.2 Å². The Labute approximate surface area is 178 Å². The SMILES string of the molecule is O=C(CC(=O)NCCSCc1ccc(F)cc1)NCCSCc1ccc(F)cc1. The summed E-state index contributed by atoms with van der Waals surface area (Å²) in [6, 6.07) is 12.7. The molecule has 2 amide bonds. The fraction of sp³-hybridized carbons (Fsp3) is 0.333. The zero-order valence-corrected chi connectivity index (χ0v) is 17.6. The summed E-state index contributed by atoms with van der Waals surface area (Å²) in [5.74, 6) is 1.80. The van der Waals surface area contributed by atoms with Gasteiger partial charge in [-0.3, -0.25) is 9.59 Å². The quantitative estimate of drug-likeness (QED) is 0.391. The lowest BCUT2D eigenvalue weighted by atomic mass is 10.2. The Morgan fingerprint density at radius 1 is 0.690 bits per heavy atom. The van der Waals surface area contributed by atoms with E-state index in [0.717, 1.165) is 22.6 Å². The van der Waals surface area contributed by atoms with Crippen LogP contribution in [0.4, 0.5) is 8.78 Å². The summed E-state index contributed by atoms with van der Waals surface area (Å²) in [5, 5.41) is 5.44. The van der Waals surface area contributed by atoms with Crippen LogP contribution in [0.3, 0.4) is 0 Å². The van der Waals surface area contributed by atoms with E-state index in [4.69, 9.17) is 0 Å². The molecule has 0 radical (unpaired) electrons. The van der Waals surface area contributed by atoms with Crippen LogP contribution in [0.15, 0.2) is 48.5 Å². The van der Waals surface area contributed by atoms with Crippen molar-refractivity contribution >= 4 is 35.3 Å². The van der Waals surface area contributed by atoms with Gasteiger partial charge in [-0.1, -0.05) is 24.3 Å². The minimum atomic E-state index is -0.302. The zero-order valence-electron chi connectivity index (χ0n) is 16.0. The van der Waals surface area contributed by atoms with Gasteiger partial charge in [0.2, 0.25) is 11.8 Å². The van der Waals surface area contributed by atoms with Gasteiger partial charge in [-0.2, -0.15) is 23.5 Å². The van der Waals surface area contributed by atoms with Gasteiger partial charge in [-0.15, -0.1) is 0 Å². The third kappa shape index (κ3) is 10.3. The van der Waals surface area contributed by atoms with Crippen LogP contribution in [-0.2, 0) is 21.1 Å². The van der Waals surface area contributed by atoms with Gasteiger partial charge in [0.25, 0.3) is 0 Å². The van der Waals surface area contributed by atoms with Crippen LogP contribution in [0, 0.1) is 11.6 Å². The maximum atomic E-state index is 12.8. The maximum absolute atomic E-state index is 12.8. The predicted molar refractivity (Wildman–Crippen MR) is 116 cm³/mol. The predicted octanol–water partition coefficient (Wildman–Crippen LogP) is 3.75. The number of rotatable bonds is 12. The average Bonchev–Trinajstić information content (AvgIpc) is 2.70. The Morgan fingerprint density at radius 2 is 1.07 bits per heavy atom. The number of benzene rings is 2. The monoisotopic (exact) mass is 438 g/mol. The van der Waals surface area contributed by atoms with E-state index in [2.05, 4.69) is 10.6 Å². The first-order chi connectivity index (χ1) is 14.0. The van der Waals surface area contributed by atoms with Gasteiger partial charge < -0.3 is 10.6 Å². The molecule has 2 rings (SSSR count). The fourth-order valence-electron chi connectivity index (χ4n) is 2.34. The Bertz CT molecular complexity index is 706. The van der Waals surface area contributed by atoms with Crippen molar-refractivity contribution in [3.8, 4) is 0 Å². The molecule has 2 N–H and O–H groups in total. The molecule has 0 aromatic heterocycles. The first-order valence-corrected chi connectivity index (χ1v) is 11.5. The van der Waals surface area contributed by atoms with Crippen molar-refractivity contribution in [2.45, 2.75) is 17.9 Å². The molecule has 2 aromatic carbocycles. The molecule has 8 heteroatoms. The second-order valence-electron chi connectivity index (χ2n) is 6.23. The second kappa shape index (κ2) is 13.2. The molecule has 0 aliphatic heterocycles. The molecule has 0 saturated carbocycles. The van der Waals surface area contributed by atoms with E-state index in [1.165, 1.54) is 24.3 Å². The molecule has 0 spiro atoms. The van der Waals surface area contributed by atoms with Crippen LogP contribution in [0.1, 0.15) is 17.5 Å². The molecule has 4 nitrogen and oxygen atoms in total. The van der Waals surface area contributed by atoms with Gasteiger partial charge in [0.05, 0.1) is 0 Å². The third-order valence-electron chi connectivity index (χ3n) is 3.82. The molecule has 0 saturated heterocycles. The molecule has 0 aliphatic carbocycles. The maximum Gasteiger partial charge on any atom is 0.229 e. The van der Waals surface area contributed by atoms with Crippen LogP contribution in [0.2, 0.25) is 0 Å². The number of carbonyl (C=O) groups is 2. The second-order valence-corrected chi connectivity index (χ2v) is 8.45. The van der Waals surface area contributed by atoms with E-state index in [1.807, 2.05) is 0 Å². The molecule has 2 aromatic rings. The number of halogens is 2. The number of thioether (sulfide) groups is 2. The van der Waals surface area contributed by atoms with Crippen molar-refractivity contribution in [1.82, 2.24) is 10.6 Å². The Morgan fingerprint density at radius 3 is 1.45 bits per heavy atom. The van der Waals surface area contributed by atoms with Gasteiger partial charge in [0.15, 0.2) is 0 Å². The minimum absolute atomic E-state index is 0.189. The van der Waals surface area contributed by atoms with Crippen LogP contribution >= 0.6 is 23.5 Å². The van der Waals surface area contributed by atoms with Crippen LogP contribution in [0.25, 0.3) is 0 Å². The van der Waals surface area contributed by atoms with E-state index in [1.54, 1.807) is 47.8 Å². The molecular formula is C21H24F2N2O2S2. The lowest BCUT2D eigenvalue weighted by Gasteiger charge is -2.07. The lowest BCUT2D eigenvalue weighted by Crippen LogP contribution is -2.33. The molecule has 0 bridgehead atoms. The highest BCUT2D eigenvalue weighted by atomic mass is 32.2. The van der Waals surface area contributed by atoms with Gasteiger partial charge in [-0.05, 0) is 35.4 Å². The summed E-state index contributed by atoms with van der Waals surface area (Å²) < 4.78 is 25.6. The number of nitrogens with one attached hydrogen (secondary N) is 2. The van der Waals surface area contributed by atoms with Crippen molar-refractivity contribution in [3.63, 3.8) is 0 Å². The van der Waals surface area contributed by atoms with Crippen LogP contribution in [0.5, 0.6) is 0 Å². The number of carbonyl (C=O) groups excluding carboxylic acids is 2. The van der Waals surface area contributed by atoms with E-state index < -0.39 is 0 Å². The smallest absolute Gasteiger partial charge is 0.229 e. The summed E-state index contributed by atoms with van der Waals surface area (Å²) in [6.07, 6.45) is -0.189. The molecule has 29 heavy (non-hydrogen) atoms. The Balaban J connectivity index is 1.46. The molecule has 0 aliphatic rings. The highest BCUT2D eigenvalue weighted by Gasteiger charge is 2.08. The largest absolute Gasteiger partial charge is 0.355 e. The van der Waals surface area contributed by atoms with Gasteiger partial charge in [0, 0.05) is 36.1 Å². The number of hydrogen-bond acceptors (Lipinski definition) is 4. The zero-order chi connectivity index (χ0) is 20.9. The molecule has 156 valence electrons. The van der Waals surface area contributed by atoms with E-state index >= 15 is 0 Å². The summed E-state index contributed by atoms with van der Waals surface area (Å²) in [7, 11) is 0. The van der Waals surface area contributed by atoms with Crippen molar-refractivity contribution in [3.05, 3.63) is 71.3 Å². The summed E-state index contributed by atoms with van der Waals surface area (Å²) in [4.78, 5) is 23.5. The van der Waals surface area contributed by atoms with Crippen molar-refractivity contribution in [2.75, 3.05) is 24.6 Å².